The number of carbonyl (C=O) groups is 2. The number of hydrogen-bond donors (Lipinski definition) is 1. The maximum absolute atomic E-state index is 12.2. The summed E-state index contributed by atoms with van der Waals surface area (Å²) in [7, 11) is 1.59. The Labute approximate surface area is 139 Å². The zero-order valence-electron chi connectivity index (χ0n) is 11.7. The van der Waals surface area contributed by atoms with E-state index in [1.165, 1.54) is 6.92 Å². The van der Waals surface area contributed by atoms with Crippen molar-refractivity contribution in [2.75, 3.05) is 7.11 Å². The Morgan fingerprint density at radius 1 is 1.38 bits per heavy atom. The van der Waals surface area contributed by atoms with Gasteiger partial charge in [0.05, 0.1) is 17.5 Å². The number of carboxylic acids is 1. The minimum absolute atomic E-state index is 0.00962. The third-order valence-electron chi connectivity index (χ3n) is 3.56. The second-order valence-electron chi connectivity index (χ2n) is 5.02. The second-order valence-corrected chi connectivity index (χ2v) is 6.67. The number of amides is 1. The summed E-state index contributed by atoms with van der Waals surface area (Å²) in [4.78, 5) is 24.7. The summed E-state index contributed by atoms with van der Waals surface area (Å²) >= 11 is 6.99. The molecule has 1 heterocycles. The maximum atomic E-state index is 12.2. The fourth-order valence-corrected chi connectivity index (χ4v) is 3.48. The van der Waals surface area contributed by atoms with Gasteiger partial charge in [-0.1, -0.05) is 22.9 Å². The molecule has 1 aromatic rings. The fourth-order valence-electron chi connectivity index (χ4n) is 2.27. The van der Waals surface area contributed by atoms with Gasteiger partial charge in [-0.25, -0.2) is 0 Å². The Hall–Kier alpha value is -1.08. The predicted octanol–water partition coefficient (Wildman–Crippen LogP) is 3.17. The number of methoxy groups -OCH3 is 1. The molecule has 0 bridgehead atoms. The maximum Gasteiger partial charge on any atom is 0.306 e. The molecule has 5 nitrogen and oxygen atoms in total. The minimum atomic E-state index is -0.955. The van der Waals surface area contributed by atoms with Crippen molar-refractivity contribution >= 4 is 43.7 Å². The van der Waals surface area contributed by atoms with E-state index in [0.29, 0.717) is 18.8 Å². The van der Waals surface area contributed by atoms with Gasteiger partial charge in [-0.2, -0.15) is 0 Å². The third-order valence-corrected chi connectivity index (χ3v) is 5.14. The Kier molecular flexibility index (Phi) is 4.93. The van der Waals surface area contributed by atoms with Gasteiger partial charge in [-0.05, 0) is 33.1 Å². The van der Waals surface area contributed by atoms with Crippen LogP contribution >= 0.6 is 31.9 Å². The Bertz CT molecular complexity index is 603. The normalized spacial score (nSPS) is 14.8. The quantitative estimate of drug-likeness (QED) is 0.812. The summed E-state index contributed by atoms with van der Waals surface area (Å²) in [6, 6.07) is 1.86. The molecule has 0 aliphatic carbocycles. The van der Waals surface area contributed by atoms with Crippen LogP contribution in [0.4, 0.5) is 0 Å². The van der Waals surface area contributed by atoms with Crippen molar-refractivity contribution in [1.82, 2.24) is 4.90 Å². The monoisotopic (exact) mass is 419 g/mol. The molecular weight excluding hydrogens is 406 g/mol. The summed E-state index contributed by atoms with van der Waals surface area (Å²) < 4.78 is 7.01. The van der Waals surface area contributed by atoms with Crippen molar-refractivity contribution in [3.8, 4) is 5.75 Å². The van der Waals surface area contributed by atoms with Crippen molar-refractivity contribution in [2.24, 2.45) is 5.92 Å². The largest absolute Gasteiger partial charge is 0.496 e. The lowest BCUT2D eigenvalue weighted by molar-refractivity contribution is -0.145. The number of nitrogens with zero attached hydrogens (tertiary/aromatic N) is 1. The number of fused-ring (bicyclic) bond motifs is 1. The minimum Gasteiger partial charge on any atom is -0.496 e. The lowest BCUT2D eigenvalue weighted by atomic mass is 10.1. The first-order chi connectivity index (χ1) is 9.85. The summed E-state index contributed by atoms with van der Waals surface area (Å²) in [5.74, 6) is -1.08. The summed E-state index contributed by atoms with van der Waals surface area (Å²) in [5.41, 5.74) is 2.02. The molecule has 0 fully saturated rings. The Morgan fingerprint density at radius 3 is 2.57 bits per heavy atom. The molecule has 0 spiro atoms. The first-order valence-electron chi connectivity index (χ1n) is 6.39. The average molecular weight is 421 g/mol. The molecule has 1 N–H and O–H groups in total. The molecular formula is C14H15Br2NO4. The molecule has 7 heteroatoms. The van der Waals surface area contributed by atoms with Crippen LogP contribution in [0.3, 0.4) is 0 Å². The number of carbonyl (C=O) groups excluding carboxylic acids is 1. The zero-order valence-corrected chi connectivity index (χ0v) is 14.8. The Morgan fingerprint density at radius 2 is 2.00 bits per heavy atom. The molecule has 1 aliphatic heterocycles. The van der Waals surface area contributed by atoms with E-state index in [9.17, 15) is 9.59 Å². The smallest absolute Gasteiger partial charge is 0.306 e. The van der Waals surface area contributed by atoms with Gasteiger partial charge in [0.25, 0.3) is 0 Å². The SMILES string of the molecule is COc1cc(Br)c2c(c1Br)CN(C(=O)C[C@H](C)C(=O)O)C2. The van der Waals surface area contributed by atoms with Crippen molar-refractivity contribution in [3.05, 3.63) is 26.1 Å². The highest BCUT2D eigenvalue weighted by atomic mass is 79.9. The van der Waals surface area contributed by atoms with E-state index in [4.69, 9.17) is 9.84 Å². The zero-order chi connectivity index (χ0) is 15.7. The lowest BCUT2D eigenvalue weighted by Crippen LogP contribution is -2.28. The van der Waals surface area contributed by atoms with Crippen molar-refractivity contribution < 1.29 is 19.4 Å². The van der Waals surface area contributed by atoms with Crippen LogP contribution in [-0.4, -0.2) is 29.0 Å². The third kappa shape index (κ3) is 3.23. The van der Waals surface area contributed by atoms with E-state index in [1.54, 1.807) is 12.0 Å². The molecule has 21 heavy (non-hydrogen) atoms. The molecule has 1 atom stereocenters. The van der Waals surface area contributed by atoms with Gasteiger partial charge < -0.3 is 14.7 Å². The first-order valence-corrected chi connectivity index (χ1v) is 7.98. The first kappa shape index (κ1) is 16.3. The van der Waals surface area contributed by atoms with Gasteiger partial charge in [-0.3, -0.25) is 9.59 Å². The molecule has 114 valence electrons. The number of ether oxygens (including phenoxy) is 1. The average Bonchev–Trinajstić information content (AvgIpc) is 2.88. The van der Waals surface area contributed by atoms with Gasteiger partial charge in [0.1, 0.15) is 5.75 Å². The van der Waals surface area contributed by atoms with Crippen LogP contribution in [-0.2, 0) is 22.7 Å². The van der Waals surface area contributed by atoms with Gasteiger partial charge in [0, 0.05) is 24.0 Å². The number of benzene rings is 1. The fraction of sp³-hybridized carbons (Fsp3) is 0.429. The van der Waals surface area contributed by atoms with Crippen LogP contribution in [0.25, 0.3) is 0 Å². The van der Waals surface area contributed by atoms with Crippen LogP contribution in [0.1, 0.15) is 24.5 Å². The van der Waals surface area contributed by atoms with E-state index in [2.05, 4.69) is 31.9 Å². The van der Waals surface area contributed by atoms with E-state index >= 15 is 0 Å². The van der Waals surface area contributed by atoms with Gasteiger partial charge >= 0.3 is 5.97 Å². The summed E-state index contributed by atoms with van der Waals surface area (Å²) in [5, 5.41) is 8.90. The molecule has 0 unspecified atom stereocenters. The van der Waals surface area contributed by atoms with Gasteiger partial charge in [0.2, 0.25) is 5.91 Å². The van der Waals surface area contributed by atoms with Crippen LogP contribution in [0, 0.1) is 5.92 Å². The van der Waals surface area contributed by atoms with E-state index in [-0.39, 0.29) is 12.3 Å². The number of hydrogen-bond acceptors (Lipinski definition) is 3. The number of carboxylic acid groups (broad SMARTS) is 1. The predicted molar refractivity (Wildman–Crippen MR) is 84.1 cm³/mol. The molecule has 0 aromatic heterocycles. The molecule has 1 aromatic carbocycles. The molecule has 1 amide bonds. The van der Waals surface area contributed by atoms with Crippen molar-refractivity contribution in [2.45, 2.75) is 26.4 Å². The number of rotatable bonds is 4. The van der Waals surface area contributed by atoms with Crippen molar-refractivity contribution in [3.63, 3.8) is 0 Å². The highest BCUT2D eigenvalue weighted by Gasteiger charge is 2.30. The van der Waals surface area contributed by atoms with Crippen LogP contribution in [0.5, 0.6) is 5.75 Å². The standard InChI is InChI=1S/C14H15Br2NO4/c1-7(14(19)20)3-12(18)17-5-8-9(6-17)13(16)11(21-2)4-10(8)15/h4,7H,3,5-6H2,1-2H3,(H,19,20)/t7-/m0/s1. The summed E-state index contributed by atoms with van der Waals surface area (Å²) in [6.07, 6.45) is 0.00962. The number of halogens is 2. The molecule has 1 aliphatic rings. The molecule has 0 radical (unpaired) electrons. The van der Waals surface area contributed by atoms with Crippen molar-refractivity contribution in [1.29, 1.82) is 0 Å². The van der Waals surface area contributed by atoms with Crippen LogP contribution in [0.15, 0.2) is 15.0 Å². The molecule has 0 saturated carbocycles. The highest BCUT2D eigenvalue weighted by molar-refractivity contribution is 9.11. The Balaban J connectivity index is 2.20. The van der Waals surface area contributed by atoms with Gasteiger partial charge in [-0.15, -0.1) is 0 Å². The second kappa shape index (κ2) is 6.36. The van der Waals surface area contributed by atoms with Crippen LogP contribution in [0.2, 0.25) is 0 Å². The molecule has 2 rings (SSSR count). The number of aliphatic carboxylic acids is 1. The summed E-state index contributed by atoms with van der Waals surface area (Å²) in [6.45, 7) is 2.47. The van der Waals surface area contributed by atoms with Crippen LogP contribution < -0.4 is 4.74 Å². The molecule has 0 saturated heterocycles. The topological polar surface area (TPSA) is 66.8 Å². The lowest BCUT2D eigenvalue weighted by Gasteiger charge is -2.16. The van der Waals surface area contributed by atoms with Gasteiger partial charge in [0.15, 0.2) is 0 Å². The van der Waals surface area contributed by atoms with E-state index in [1.807, 2.05) is 6.07 Å². The highest BCUT2D eigenvalue weighted by Crippen LogP contribution is 2.41. The van der Waals surface area contributed by atoms with E-state index in [0.717, 1.165) is 20.1 Å². The van der Waals surface area contributed by atoms with E-state index < -0.39 is 11.9 Å².